The number of nitrogens with zero attached hydrogens (tertiary/aromatic N) is 2. The van der Waals surface area contributed by atoms with Gasteiger partial charge in [-0.3, -0.25) is 0 Å². The summed E-state index contributed by atoms with van der Waals surface area (Å²) < 4.78 is 1.88. The summed E-state index contributed by atoms with van der Waals surface area (Å²) >= 11 is 0. The molecule has 0 spiro atoms. The number of aromatic nitrogens is 2. The summed E-state index contributed by atoms with van der Waals surface area (Å²) in [5.41, 5.74) is 3.23. The molecule has 0 saturated carbocycles. The standard InChI is InChI=1S/C16H13N2/c1-18-15(13-8-4-2-5-9-13)12-17-16(18)14-10-6-3-7-11-14/h2-12H,1H2. The molecular weight excluding hydrogens is 220 g/mol. The van der Waals surface area contributed by atoms with Crippen LogP contribution in [0, 0.1) is 7.05 Å². The summed E-state index contributed by atoms with van der Waals surface area (Å²) in [5.74, 6) is 0.884. The lowest BCUT2D eigenvalue weighted by atomic mass is 10.1. The first kappa shape index (κ1) is 10.8. The largest absolute Gasteiger partial charge is 0.322 e. The molecule has 87 valence electrons. The third-order valence-electron chi connectivity index (χ3n) is 2.96. The molecular formula is C16H13N2. The normalized spacial score (nSPS) is 10.5. The first-order valence-electron chi connectivity index (χ1n) is 5.86. The third kappa shape index (κ3) is 1.82. The molecule has 0 aliphatic heterocycles. The van der Waals surface area contributed by atoms with Gasteiger partial charge < -0.3 is 4.57 Å². The van der Waals surface area contributed by atoms with E-state index in [-0.39, 0.29) is 0 Å². The van der Waals surface area contributed by atoms with Gasteiger partial charge in [0.2, 0.25) is 0 Å². The van der Waals surface area contributed by atoms with Crippen molar-refractivity contribution in [3.8, 4) is 22.6 Å². The van der Waals surface area contributed by atoms with Crippen LogP contribution in [0.2, 0.25) is 0 Å². The van der Waals surface area contributed by atoms with Crippen molar-refractivity contribution in [3.63, 3.8) is 0 Å². The first-order valence-corrected chi connectivity index (χ1v) is 5.86. The molecule has 1 heterocycles. The predicted molar refractivity (Wildman–Crippen MR) is 73.9 cm³/mol. The van der Waals surface area contributed by atoms with Crippen molar-refractivity contribution in [1.82, 2.24) is 9.55 Å². The van der Waals surface area contributed by atoms with Gasteiger partial charge in [0.15, 0.2) is 0 Å². The van der Waals surface area contributed by atoms with Crippen LogP contribution in [0.1, 0.15) is 0 Å². The van der Waals surface area contributed by atoms with Crippen molar-refractivity contribution in [2.24, 2.45) is 0 Å². The van der Waals surface area contributed by atoms with Gasteiger partial charge in [-0.1, -0.05) is 60.7 Å². The van der Waals surface area contributed by atoms with E-state index in [1.54, 1.807) is 0 Å². The molecule has 0 atom stereocenters. The molecule has 0 bridgehead atoms. The molecule has 0 fully saturated rings. The van der Waals surface area contributed by atoms with Crippen LogP contribution < -0.4 is 0 Å². The van der Waals surface area contributed by atoms with E-state index in [1.165, 1.54) is 0 Å². The van der Waals surface area contributed by atoms with Crippen LogP contribution in [0.3, 0.4) is 0 Å². The number of hydrogen-bond acceptors (Lipinski definition) is 1. The van der Waals surface area contributed by atoms with Gasteiger partial charge in [-0.2, -0.15) is 0 Å². The quantitative estimate of drug-likeness (QED) is 0.657. The summed E-state index contributed by atoms with van der Waals surface area (Å²) in [7, 11) is 4.09. The van der Waals surface area contributed by atoms with Gasteiger partial charge in [0.05, 0.1) is 11.9 Å². The Labute approximate surface area is 107 Å². The summed E-state index contributed by atoms with van der Waals surface area (Å²) in [6.45, 7) is 0. The van der Waals surface area contributed by atoms with Crippen molar-refractivity contribution in [1.29, 1.82) is 0 Å². The average molecular weight is 233 g/mol. The zero-order valence-electron chi connectivity index (χ0n) is 9.95. The Kier molecular flexibility index (Phi) is 2.69. The molecule has 2 aromatic carbocycles. The fourth-order valence-electron chi connectivity index (χ4n) is 2.03. The lowest BCUT2D eigenvalue weighted by molar-refractivity contribution is 1.08. The van der Waals surface area contributed by atoms with Gasteiger partial charge in [0.1, 0.15) is 5.82 Å². The van der Waals surface area contributed by atoms with Crippen LogP contribution >= 0.6 is 0 Å². The van der Waals surface area contributed by atoms with E-state index >= 15 is 0 Å². The summed E-state index contributed by atoms with van der Waals surface area (Å²) in [5, 5.41) is 0. The smallest absolute Gasteiger partial charge is 0.140 e. The van der Waals surface area contributed by atoms with E-state index in [9.17, 15) is 0 Å². The Bertz CT molecular complexity index is 582. The third-order valence-corrected chi connectivity index (χ3v) is 2.96. The molecule has 0 aliphatic rings. The molecule has 2 heteroatoms. The fourth-order valence-corrected chi connectivity index (χ4v) is 2.03. The molecule has 2 nitrogen and oxygen atoms in total. The van der Waals surface area contributed by atoms with Gasteiger partial charge in [0.25, 0.3) is 0 Å². The molecule has 3 rings (SSSR count). The fraction of sp³-hybridized carbons (Fsp3) is 0. The SMILES string of the molecule is [CH2]n1c(-c2ccccc2)cnc1-c1ccccc1. The Morgan fingerprint density at radius 3 is 1.94 bits per heavy atom. The number of hydrogen-bond donors (Lipinski definition) is 0. The van der Waals surface area contributed by atoms with Crippen molar-refractivity contribution >= 4 is 0 Å². The Balaban J connectivity index is 2.09. The first-order chi connectivity index (χ1) is 8.86. The average Bonchev–Trinajstić information content (AvgIpc) is 2.83. The van der Waals surface area contributed by atoms with Crippen LogP contribution in [0.5, 0.6) is 0 Å². The van der Waals surface area contributed by atoms with Crippen molar-refractivity contribution in [3.05, 3.63) is 73.9 Å². The minimum Gasteiger partial charge on any atom is -0.322 e. The van der Waals surface area contributed by atoms with Crippen molar-refractivity contribution in [2.45, 2.75) is 0 Å². The number of benzene rings is 2. The minimum atomic E-state index is 0.884. The number of rotatable bonds is 2. The van der Waals surface area contributed by atoms with E-state index in [1.807, 2.05) is 59.3 Å². The lowest BCUT2D eigenvalue weighted by Gasteiger charge is -2.05. The van der Waals surface area contributed by atoms with Gasteiger partial charge in [-0.05, 0) is 5.56 Å². The molecule has 0 N–H and O–H groups in total. The summed E-state index contributed by atoms with van der Waals surface area (Å²) in [4.78, 5) is 4.46. The molecule has 1 radical (unpaired) electrons. The van der Waals surface area contributed by atoms with E-state index in [4.69, 9.17) is 0 Å². The van der Waals surface area contributed by atoms with E-state index in [2.05, 4.69) is 24.2 Å². The van der Waals surface area contributed by atoms with Crippen molar-refractivity contribution < 1.29 is 0 Å². The van der Waals surface area contributed by atoms with Gasteiger partial charge >= 0.3 is 0 Å². The lowest BCUT2D eigenvalue weighted by Crippen LogP contribution is -1.92. The molecule has 0 saturated heterocycles. The maximum Gasteiger partial charge on any atom is 0.140 e. The highest BCUT2D eigenvalue weighted by atomic mass is 15.1. The van der Waals surface area contributed by atoms with Gasteiger partial charge in [-0.15, -0.1) is 0 Å². The second-order valence-corrected chi connectivity index (χ2v) is 4.13. The van der Waals surface area contributed by atoms with Crippen LogP contribution in [0.4, 0.5) is 0 Å². The summed E-state index contributed by atoms with van der Waals surface area (Å²) in [6.07, 6.45) is 1.87. The van der Waals surface area contributed by atoms with Crippen LogP contribution in [0.25, 0.3) is 22.6 Å². The second kappa shape index (κ2) is 4.49. The maximum atomic E-state index is 4.46. The highest BCUT2D eigenvalue weighted by molar-refractivity contribution is 5.66. The molecule has 0 amide bonds. The zero-order valence-corrected chi connectivity index (χ0v) is 9.95. The molecule has 0 unspecified atom stereocenters. The van der Waals surface area contributed by atoms with Gasteiger partial charge in [0, 0.05) is 12.6 Å². The predicted octanol–water partition coefficient (Wildman–Crippen LogP) is 3.86. The van der Waals surface area contributed by atoms with E-state index in [0.29, 0.717) is 0 Å². The Morgan fingerprint density at radius 1 is 0.778 bits per heavy atom. The second-order valence-electron chi connectivity index (χ2n) is 4.13. The Morgan fingerprint density at radius 2 is 1.33 bits per heavy atom. The summed E-state index contributed by atoms with van der Waals surface area (Å²) in [6, 6.07) is 20.3. The molecule has 0 aliphatic carbocycles. The van der Waals surface area contributed by atoms with Crippen LogP contribution in [-0.4, -0.2) is 9.55 Å². The Hall–Kier alpha value is -2.35. The highest BCUT2D eigenvalue weighted by Crippen LogP contribution is 2.25. The highest BCUT2D eigenvalue weighted by Gasteiger charge is 2.09. The van der Waals surface area contributed by atoms with Crippen LogP contribution in [-0.2, 0) is 0 Å². The van der Waals surface area contributed by atoms with Gasteiger partial charge in [-0.25, -0.2) is 4.98 Å². The number of imidazole rings is 1. The monoisotopic (exact) mass is 233 g/mol. The minimum absolute atomic E-state index is 0.884. The van der Waals surface area contributed by atoms with E-state index < -0.39 is 0 Å². The molecule has 3 aromatic rings. The van der Waals surface area contributed by atoms with Crippen molar-refractivity contribution in [2.75, 3.05) is 0 Å². The van der Waals surface area contributed by atoms with Crippen LogP contribution in [0.15, 0.2) is 66.9 Å². The molecule has 1 aromatic heterocycles. The topological polar surface area (TPSA) is 17.8 Å². The maximum absolute atomic E-state index is 4.46. The van der Waals surface area contributed by atoms with E-state index in [0.717, 1.165) is 22.6 Å². The molecule has 18 heavy (non-hydrogen) atoms. The zero-order chi connectivity index (χ0) is 12.4.